The van der Waals surface area contributed by atoms with Crippen molar-refractivity contribution in [2.24, 2.45) is 10.9 Å². The molecule has 4 heteroatoms. The molecule has 2 aliphatic heterocycles. The second-order valence-electron chi connectivity index (χ2n) is 3.50. The third-order valence-corrected chi connectivity index (χ3v) is 3.32. The highest BCUT2D eigenvalue weighted by Crippen LogP contribution is 2.14. The number of ether oxygens (including phenoxy) is 1. The smallest absolute Gasteiger partial charge is 0.156 e. The third-order valence-electron chi connectivity index (χ3n) is 2.38. The summed E-state index contributed by atoms with van der Waals surface area (Å²) in [5.41, 5.74) is 0. The number of amidine groups is 1. The summed E-state index contributed by atoms with van der Waals surface area (Å²) in [7, 11) is 0. The summed E-state index contributed by atoms with van der Waals surface area (Å²) in [6, 6.07) is 0. The Kier molecular flexibility index (Phi) is 3.49. The van der Waals surface area contributed by atoms with Crippen molar-refractivity contribution in [1.29, 1.82) is 0 Å². The molecule has 0 spiro atoms. The lowest BCUT2D eigenvalue weighted by Crippen LogP contribution is -2.31. The van der Waals surface area contributed by atoms with Crippen molar-refractivity contribution >= 4 is 16.9 Å². The van der Waals surface area contributed by atoms with Crippen LogP contribution in [-0.2, 0) is 4.74 Å². The maximum atomic E-state index is 5.41. The molecule has 0 aromatic carbocycles. The molecule has 0 aromatic heterocycles. The van der Waals surface area contributed by atoms with Gasteiger partial charge < -0.3 is 10.1 Å². The predicted octanol–water partition coefficient (Wildman–Crippen LogP) is 1.11. The normalized spacial score (nSPS) is 28.6. The molecular weight excluding hydrogens is 184 g/mol. The summed E-state index contributed by atoms with van der Waals surface area (Å²) in [6.07, 6.45) is 2.51. The zero-order chi connectivity index (χ0) is 8.93. The molecule has 1 N–H and O–H groups in total. The first kappa shape index (κ1) is 9.34. The number of nitrogens with one attached hydrogen (secondary N) is 1. The van der Waals surface area contributed by atoms with Crippen molar-refractivity contribution in [2.45, 2.75) is 12.8 Å². The molecular formula is C9H16N2OS. The van der Waals surface area contributed by atoms with E-state index in [1.54, 1.807) is 0 Å². The Morgan fingerprint density at radius 2 is 2.62 bits per heavy atom. The van der Waals surface area contributed by atoms with Crippen LogP contribution in [0.4, 0.5) is 0 Å². The van der Waals surface area contributed by atoms with Crippen LogP contribution in [0.3, 0.4) is 0 Å². The number of hydrogen-bond donors (Lipinski definition) is 1. The van der Waals surface area contributed by atoms with E-state index in [4.69, 9.17) is 4.74 Å². The molecule has 0 saturated carbocycles. The van der Waals surface area contributed by atoms with Gasteiger partial charge in [-0.1, -0.05) is 11.8 Å². The minimum Gasteiger partial charge on any atom is -0.381 e. The van der Waals surface area contributed by atoms with Gasteiger partial charge in [0.2, 0.25) is 0 Å². The Balaban J connectivity index is 1.66. The number of aliphatic imine (C=N–C) groups is 1. The van der Waals surface area contributed by atoms with E-state index in [0.29, 0.717) is 5.92 Å². The largest absolute Gasteiger partial charge is 0.381 e. The Hall–Kier alpha value is -0.220. The number of nitrogens with zero attached hydrogens (tertiary/aromatic N) is 1. The second kappa shape index (κ2) is 4.86. The Morgan fingerprint density at radius 1 is 1.62 bits per heavy atom. The molecule has 1 unspecified atom stereocenters. The van der Waals surface area contributed by atoms with Crippen LogP contribution < -0.4 is 5.32 Å². The Bertz CT molecular complexity index is 190. The highest BCUT2D eigenvalue weighted by Gasteiger charge is 2.15. The van der Waals surface area contributed by atoms with Gasteiger partial charge in [-0.3, -0.25) is 4.99 Å². The molecule has 13 heavy (non-hydrogen) atoms. The van der Waals surface area contributed by atoms with Crippen LogP contribution >= 0.6 is 11.8 Å². The lowest BCUT2D eigenvalue weighted by molar-refractivity contribution is 0.0565. The first-order chi connectivity index (χ1) is 6.45. The summed E-state index contributed by atoms with van der Waals surface area (Å²) >= 11 is 1.83. The van der Waals surface area contributed by atoms with E-state index >= 15 is 0 Å². The van der Waals surface area contributed by atoms with Crippen LogP contribution in [0.2, 0.25) is 0 Å². The van der Waals surface area contributed by atoms with Gasteiger partial charge in [-0.2, -0.15) is 0 Å². The van der Waals surface area contributed by atoms with E-state index in [0.717, 1.165) is 37.2 Å². The maximum absolute atomic E-state index is 5.41. The predicted molar refractivity (Wildman–Crippen MR) is 56.3 cm³/mol. The monoisotopic (exact) mass is 200 g/mol. The maximum Gasteiger partial charge on any atom is 0.156 e. The van der Waals surface area contributed by atoms with Crippen LogP contribution in [0, 0.1) is 5.92 Å². The Morgan fingerprint density at radius 3 is 3.31 bits per heavy atom. The average molecular weight is 200 g/mol. The molecule has 0 radical (unpaired) electrons. The fraction of sp³-hybridized carbons (Fsp3) is 0.889. The SMILES string of the molecule is C1COCC(CNC2=NCCS2)C1. The van der Waals surface area contributed by atoms with E-state index in [9.17, 15) is 0 Å². The fourth-order valence-electron chi connectivity index (χ4n) is 1.64. The van der Waals surface area contributed by atoms with Crippen LogP contribution in [0.5, 0.6) is 0 Å². The zero-order valence-corrected chi connectivity index (χ0v) is 8.61. The van der Waals surface area contributed by atoms with Crippen molar-refractivity contribution in [3.63, 3.8) is 0 Å². The lowest BCUT2D eigenvalue weighted by Gasteiger charge is -2.22. The number of rotatable bonds is 2. The topological polar surface area (TPSA) is 33.6 Å². The summed E-state index contributed by atoms with van der Waals surface area (Å²) in [5, 5.41) is 4.51. The standard InChI is InChI=1S/C9H16N2OS/c1-2-8(7-12-4-1)6-11-9-10-3-5-13-9/h8H,1-7H2,(H,10,11). The molecule has 74 valence electrons. The van der Waals surface area contributed by atoms with E-state index < -0.39 is 0 Å². The highest BCUT2D eigenvalue weighted by atomic mass is 32.2. The molecule has 0 aliphatic carbocycles. The van der Waals surface area contributed by atoms with Crippen molar-refractivity contribution < 1.29 is 4.74 Å². The van der Waals surface area contributed by atoms with Gasteiger partial charge in [0, 0.05) is 18.9 Å². The second-order valence-corrected chi connectivity index (χ2v) is 4.58. The third kappa shape index (κ3) is 2.88. The van der Waals surface area contributed by atoms with Gasteiger partial charge in [0.05, 0.1) is 13.2 Å². The highest BCUT2D eigenvalue weighted by molar-refractivity contribution is 8.14. The van der Waals surface area contributed by atoms with Gasteiger partial charge in [-0.05, 0) is 18.8 Å². The lowest BCUT2D eigenvalue weighted by atomic mass is 10.0. The average Bonchev–Trinajstić information content (AvgIpc) is 2.69. The van der Waals surface area contributed by atoms with Gasteiger partial charge in [-0.15, -0.1) is 0 Å². The fourth-order valence-corrected chi connectivity index (χ4v) is 2.39. The molecule has 2 rings (SSSR count). The molecule has 1 fully saturated rings. The summed E-state index contributed by atoms with van der Waals surface area (Å²) in [4.78, 5) is 4.35. The molecule has 0 aromatic rings. The number of hydrogen-bond acceptors (Lipinski definition) is 4. The zero-order valence-electron chi connectivity index (χ0n) is 7.79. The minimum absolute atomic E-state index is 0.692. The molecule has 0 bridgehead atoms. The van der Waals surface area contributed by atoms with Gasteiger partial charge in [0.1, 0.15) is 0 Å². The van der Waals surface area contributed by atoms with Crippen molar-refractivity contribution in [3.8, 4) is 0 Å². The van der Waals surface area contributed by atoms with Crippen LogP contribution in [0.25, 0.3) is 0 Å². The van der Waals surface area contributed by atoms with Crippen molar-refractivity contribution in [1.82, 2.24) is 5.32 Å². The molecule has 1 saturated heterocycles. The van der Waals surface area contributed by atoms with Crippen LogP contribution in [0.15, 0.2) is 4.99 Å². The van der Waals surface area contributed by atoms with E-state index in [1.807, 2.05) is 11.8 Å². The summed E-state index contributed by atoms with van der Waals surface area (Å²) in [6.45, 7) is 3.89. The number of thioether (sulfide) groups is 1. The minimum atomic E-state index is 0.692. The molecule has 2 heterocycles. The first-order valence-corrected chi connectivity index (χ1v) is 5.92. The van der Waals surface area contributed by atoms with Gasteiger partial charge in [0.15, 0.2) is 5.17 Å². The van der Waals surface area contributed by atoms with E-state index in [-0.39, 0.29) is 0 Å². The van der Waals surface area contributed by atoms with Gasteiger partial charge >= 0.3 is 0 Å². The van der Waals surface area contributed by atoms with Gasteiger partial charge in [0.25, 0.3) is 0 Å². The molecule has 2 aliphatic rings. The van der Waals surface area contributed by atoms with E-state index in [2.05, 4.69) is 10.3 Å². The van der Waals surface area contributed by atoms with Gasteiger partial charge in [-0.25, -0.2) is 0 Å². The van der Waals surface area contributed by atoms with Crippen LogP contribution in [0.1, 0.15) is 12.8 Å². The summed E-state index contributed by atoms with van der Waals surface area (Å²) < 4.78 is 5.41. The van der Waals surface area contributed by atoms with E-state index in [1.165, 1.54) is 12.8 Å². The quantitative estimate of drug-likeness (QED) is 0.725. The van der Waals surface area contributed by atoms with Crippen molar-refractivity contribution in [3.05, 3.63) is 0 Å². The summed E-state index contributed by atoms with van der Waals surface area (Å²) in [5.74, 6) is 1.83. The van der Waals surface area contributed by atoms with Crippen molar-refractivity contribution in [2.75, 3.05) is 32.1 Å². The Labute approximate surface area is 83.3 Å². The first-order valence-electron chi connectivity index (χ1n) is 4.94. The molecule has 0 amide bonds. The van der Waals surface area contributed by atoms with Crippen LogP contribution in [-0.4, -0.2) is 37.2 Å². The molecule has 3 nitrogen and oxygen atoms in total. The molecule has 1 atom stereocenters.